The number of methoxy groups -OCH3 is 1. The van der Waals surface area contributed by atoms with Crippen molar-refractivity contribution in [3.8, 4) is 34.6 Å². The van der Waals surface area contributed by atoms with Gasteiger partial charge in [0.2, 0.25) is 5.88 Å². The van der Waals surface area contributed by atoms with E-state index in [1.165, 1.54) is 37.1 Å². The lowest BCUT2D eigenvalue weighted by Gasteiger charge is -2.30. The van der Waals surface area contributed by atoms with Crippen LogP contribution < -0.4 is 23.7 Å². The number of ether oxygens (including phenoxy) is 4. The Labute approximate surface area is 280 Å². The monoisotopic (exact) mass is 671 g/mol. The zero-order chi connectivity index (χ0) is 33.5. The van der Waals surface area contributed by atoms with Gasteiger partial charge in [0.15, 0.2) is 23.1 Å². The van der Waals surface area contributed by atoms with Gasteiger partial charge in [-0.15, -0.1) is 0 Å². The molecule has 250 valence electrons. The first-order valence-corrected chi connectivity index (χ1v) is 17.4. The van der Waals surface area contributed by atoms with Crippen molar-refractivity contribution >= 4 is 26.6 Å². The van der Waals surface area contributed by atoms with Crippen LogP contribution in [-0.4, -0.2) is 51.7 Å². The van der Waals surface area contributed by atoms with E-state index in [1.807, 2.05) is 24.3 Å². The van der Waals surface area contributed by atoms with Crippen LogP contribution >= 0.6 is 0 Å². The van der Waals surface area contributed by atoms with Gasteiger partial charge in [-0.3, -0.25) is 4.72 Å². The molecule has 11 heteroatoms. The van der Waals surface area contributed by atoms with E-state index in [0.29, 0.717) is 35.1 Å². The maximum atomic E-state index is 15.2. The number of hydrogen-bond acceptors (Lipinski definition) is 8. The molecule has 0 radical (unpaired) electrons. The number of piperidine rings is 1. The molecule has 1 fully saturated rings. The first-order valence-electron chi connectivity index (χ1n) is 15.9. The van der Waals surface area contributed by atoms with E-state index in [-0.39, 0.29) is 22.2 Å². The zero-order valence-electron chi connectivity index (χ0n) is 26.9. The summed E-state index contributed by atoms with van der Waals surface area (Å²) in [5.41, 5.74) is 0.626. The second-order valence-electron chi connectivity index (χ2n) is 11.8. The van der Waals surface area contributed by atoms with E-state index in [9.17, 15) is 8.42 Å². The van der Waals surface area contributed by atoms with Gasteiger partial charge in [0.25, 0.3) is 10.0 Å². The molecule has 1 aliphatic rings. The minimum atomic E-state index is -4.04. The van der Waals surface area contributed by atoms with Gasteiger partial charge in [0, 0.05) is 42.7 Å². The Morgan fingerprint density at radius 2 is 1.73 bits per heavy atom. The number of sulfonamides is 1. The second-order valence-corrected chi connectivity index (χ2v) is 13.5. The summed E-state index contributed by atoms with van der Waals surface area (Å²) in [7, 11) is -2.45. The lowest BCUT2D eigenvalue weighted by Crippen LogP contribution is -2.35. The van der Waals surface area contributed by atoms with E-state index < -0.39 is 15.8 Å². The molecule has 0 aliphatic carbocycles. The van der Waals surface area contributed by atoms with Crippen LogP contribution in [-0.2, 0) is 10.0 Å². The smallest absolute Gasteiger partial charge is 0.262 e. The highest BCUT2D eigenvalue weighted by atomic mass is 32.2. The first kappa shape index (κ1) is 33.0. The molecule has 0 bridgehead atoms. The lowest BCUT2D eigenvalue weighted by atomic mass is 10.0. The van der Waals surface area contributed by atoms with Crippen LogP contribution in [0.2, 0.25) is 0 Å². The molecule has 1 saturated heterocycles. The van der Waals surface area contributed by atoms with Crippen LogP contribution in [0.4, 0.5) is 10.1 Å². The predicted octanol–water partition coefficient (Wildman–Crippen LogP) is 8.27. The number of para-hydroxylation sites is 1. The molecule has 6 rings (SSSR count). The first-order chi connectivity index (χ1) is 23.3. The molecule has 2 heterocycles. The van der Waals surface area contributed by atoms with Gasteiger partial charge in [0.05, 0.1) is 29.8 Å². The number of benzene rings is 4. The molecular weight excluding hydrogens is 633 g/mol. The molecule has 9 nitrogen and oxygen atoms in total. The number of halogens is 1. The van der Waals surface area contributed by atoms with Crippen LogP contribution in [0.25, 0.3) is 10.9 Å². The fraction of sp³-hybridized carbons (Fsp3) is 0.270. The summed E-state index contributed by atoms with van der Waals surface area (Å²) in [6.45, 7) is 6.09. The average Bonchev–Trinajstić information content (AvgIpc) is 3.08. The van der Waals surface area contributed by atoms with Gasteiger partial charge in [0.1, 0.15) is 11.5 Å². The molecule has 1 unspecified atom stereocenters. The standard InChI is InChI=1S/C37H38FN3O6S/c1-26-9-7-18-41(25-26)19-8-20-45-36-24-33-27(21-35(36)44-2)14-17-37(39-33)47-34-16-15-28(22-32(34)38)40-48(42,43)31-13-6-12-30(23-31)46-29-10-4-3-5-11-29/h3-6,10-17,21-24,26,40H,7-9,18-20,25H2,1-2H3. The fourth-order valence-electron chi connectivity index (χ4n) is 5.70. The largest absolute Gasteiger partial charge is 0.493 e. The zero-order valence-corrected chi connectivity index (χ0v) is 27.7. The molecule has 0 spiro atoms. The quantitative estimate of drug-likeness (QED) is 0.125. The third-order valence-electron chi connectivity index (χ3n) is 8.06. The second kappa shape index (κ2) is 14.9. The molecule has 0 amide bonds. The Balaban J connectivity index is 1.11. The van der Waals surface area contributed by atoms with Crippen LogP contribution in [0.15, 0.2) is 102 Å². The van der Waals surface area contributed by atoms with Crippen LogP contribution in [0, 0.1) is 11.7 Å². The van der Waals surface area contributed by atoms with E-state index in [0.717, 1.165) is 43.4 Å². The van der Waals surface area contributed by atoms with Crippen molar-refractivity contribution in [2.75, 3.05) is 38.1 Å². The number of anilines is 1. The summed E-state index contributed by atoms with van der Waals surface area (Å²) in [5, 5.41) is 0.803. The third kappa shape index (κ3) is 8.34. The van der Waals surface area contributed by atoms with Crippen LogP contribution in [0.5, 0.6) is 34.6 Å². The Hall–Kier alpha value is -4.87. The third-order valence-corrected chi connectivity index (χ3v) is 9.44. The average molecular weight is 672 g/mol. The predicted molar refractivity (Wildman–Crippen MR) is 183 cm³/mol. The summed E-state index contributed by atoms with van der Waals surface area (Å²) < 4.78 is 67.0. The van der Waals surface area contributed by atoms with Crippen molar-refractivity contribution in [3.63, 3.8) is 0 Å². The van der Waals surface area contributed by atoms with Gasteiger partial charge in [-0.05, 0) is 80.3 Å². The maximum absolute atomic E-state index is 15.2. The summed E-state index contributed by atoms with van der Waals surface area (Å²) in [4.78, 5) is 7.02. The Kier molecular flexibility index (Phi) is 10.3. The van der Waals surface area contributed by atoms with E-state index >= 15 is 4.39 Å². The molecular formula is C37H38FN3O6S. The van der Waals surface area contributed by atoms with E-state index in [1.54, 1.807) is 49.6 Å². The number of nitrogens with zero attached hydrogens (tertiary/aromatic N) is 2. The van der Waals surface area contributed by atoms with Crippen molar-refractivity contribution in [2.45, 2.75) is 31.1 Å². The van der Waals surface area contributed by atoms with Crippen LogP contribution in [0.3, 0.4) is 0 Å². The number of nitrogens with one attached hydrogen (secondary N) is 1. The topological polar surface area (TPSA) is 99.2 Å². The number of likely N-dealkylation sites (tertiary alicyclic amines) is 1. The van der Waals surface area contributed by atoms with E-state index in [2.05, 4.69) is 21.5 Å². The summed E-state index contributed by atoms with van der Waals surface area (Å²) in [6.07, 6.45) is 3.43. The van der Waals surface area contributed by atoms with E-state index in [4.69, 9.17) is 18.9 Å². The van der Waals surface area contributed by atoms with Gasteiger partial charge in [-0.2, -0.15) is 0 Å². The maximum Gasteiger partial charge on any atom is 0.262 e. The highest BCUT2D eigenvalue weighted by Crippen LogP contribution is 2.34. The molecule has 4 aromatic carbocycles. The van der Waals surface area contributed by atoms with Gasteiger partial charge < -0.3 is 23.8 Å². The summed E-state index contributed by atoms with van der Waals surface area (Å²) in [5.74, 6) is 2.12. The normalized spacial score (nSPS) is 15.2. The fourth-order valence-corrected chi connectivity index (χ4v) is 6.79. The molecule has 5 aromatic rings. The lowest BCUT2D eigenvalue weighted by molar-refractivity contribution is 0.169. The molecule has 1 atom stereocenters. The summed E-state index contributed by atoms with van der Waals surface area (Å²) >= 11 is 0. The Bertz CT molecular complexity index is 1980. The molecule has 1 aliphatic heterocycles. The number of pyridine rings is 1. The molecule has 1 N–H and O–H groups in total. The SMILES string of the molecule is COc1cc2ccc(Oc3ccc(NS(=O)(=O)c4cccc(Oc5ccccc5)c4)cc3F)nc2cc1OCCCN1CCCC(C)C1. The van der Waals surface area contributed by atoms with Crippen molar-refractivity contribution < 1.29 is 31.8 Å². The summed E-state index contributed by atoms with van der Waals surface area (Å²) in [6, 6.07) is 26.0. The Morgan fingerprint density at radius 1 is 0.896 bits per heavy atom. The number of aromatic nitrogens is 1. The van der Waals surface area contributed by atoms with Crippen molar-refractivity contribution in [2.24, 2.45) is 5.92 Å². The van der Waals surface area contributed by atoms with Crippen molar-refractivity contribution in [1.29, 1.82) is 0 Å². The van der Waals surface area contributed by atoms with Crippen molar-refractivity contribution in [3.05, 3.63) is 103 Å². The molecule has 1 aromatic heterocycles. The number of rotatable bonds is 13. The molecule has 48 heavy (non-hydrogen) atoms. The highest BCUT2D eigenvalue weighted by Gasteiger charge is 2.18. The molecule has 0 saturated carbocycles. The minimum absolute atomic E-state index is 0.0318. The number of hydrogen-bond donors (Lipinski definition) is 1. The van der Waals surface area contributed by atoms with Crippen molar-refractivity contribution in [1.82, 2.24) is 9.88 Å². The van der Waals surface area contributed by atoms with Gasteiger partial charge >= 0.3 is 0 Å². The number of fused-ring (bicyclic) bond motifs is 1. The van der Waals surface area contributed by atoms with Gasteiger partial charge in [-0.1, -0.05) is 31.2 Å². The Morgan fingerprint density at radius 3 is 2.52 bits per heavy atom. The minimum Gasteiger partial charge on any atom is -0.493 e. The van der Waals surface area contributed by atoms with Crippen LogP contribution in [0.1, 0.15) is 26.2 Å². The van der Waals surface area contributed by atoms with Gasteiger partial charge in [-0.25, -0.2) is 17.8 Å². The highest BCUT2D eigenvalue weighted by molar-refractivity contribution is 7.92.